The van der Waals surface area contributed by atoms with Crippen molar-refractivity contribution in [1.29, 1.82) is 0 Å². The molecule has 2 heterocycles. The second kappa shape index (κ2) is 5.89. The Morgan fingerprint density at radius 3 is 2.12 bits per heavy atom. The van der Waals surface area contributed by atoms with E-state index in [0.717, 1.165) is 53.2 Å². The minimum atomic E-state index is 0.597. The molecular weight excluding hydrogens is 318 g/mol. The summed E-state index contributed by atoms with van der Waals surface area (Å²) in [5.74, 6) is 4.50. The summed E-state index contributed by atoms with van der Waals surface area (Å²) in [5, 5.41) is 3.79. The summed E-state index contributed by atoms with van der Waals surface area (Å²) in [6.45, 7) is 0. The van der Waals surface area contributed by atoms with Crippen LogP contribution in [0.15, 0.2) is 24.3 Å². The third-order valence-corrected chi connectivity index (χ3v) is 8.77. The highest BCUT2D eigenvalue weighted by Crippen LogP contribution is 2.64. The van der Waals surface area contributed by atoms with Crippen molar-refractivity contribution < 1.29 is 0 Å². The van der Waals surface area contributed by atoms with E-state index in [1.165, 1.54) is 44.9 Å². The molecule has 2 bridgehead atoms. The maximum atomic E-state index is 6.18. The number of benzene rings is 1. The van der Waals surface area contributed by atoms with Crippen LogP contribution in [0.1, 0.15) is 57.8 Å². The second-order valence-electron chi connectivity index (χ2n) is 10.0. The van der Waals surface area contributed by atoms with Gasteiger partial charge in [0, 0.05) is 24.2 Å². The van der Waals surface area contributed by atoms with Crippen LogP contribution >= 0.6 is 0 Å². The van der Waals surface area contributed by atoms with Gasteiger partial charge >= 0.3 is 0 Å². The predicted octanol–water partition coefficient (Wildman–Crippen LogP) is 4.50. The maximum absolute atomic E-state index is 6.18. The molecule has 1 aromatic carbocycles. The number of anilines is 2. The Balaban J connectivity index is 1.17. The fourth-order valence-electron chi connectivity index (χ4n) is 7.79. The number of piperidine rings is 2. The lowest BCUT2D eigenvalue weighted by molar-refractivity contribution is -0.157. The molecule has 3 saturated carbocycles. The Bertz CT molecular complexity index is 658. The zero-order chi connectivity index (χ0) is 17.3. The first kappa shape index (κ1) is 15.8. The first-order chi connectivity index (χ1) is 12.8. The second-order valence-corrected chi connectivity index (χ2v) is 10.0. The zero-order valence-corrected chi connectivity index (χ0v) is 15.8. The van der Waals surface area contributed by atoms with Gasteiger partial charge in [-0.25, -0.2) is 0 Å². The summed E-state index contributed by atoms with van der Waals surface area (Å²) in [4.78, 5) is 3.04. The number of nitrogens with zero attached hydrogens (tertiary/aromatic N) is 1. The van der Waals surface area contributed by atoms with Crippen LogP contribution in [0.25, 0.3) is 0 Å². The Labute approximate surface area is 157 Å². The summed E-state index contributed by atoms with van der Waals surface area (Å²) in [6, 6.07) is 11.4. The van der Waals surface area contributed by atoms with E-state index in [-0.39, 0.29) is 0 Å². The Kier molecular flexibility index (Phi) is 3.58. The summed E-state index contributed by atoms with van der Waals surface area (Å²) in [7, 11) is 0. The number of nitrogen functional groups attached to an aromatic ring is 1. The fourth-order valence-corrected chi connectivity index (χ4v) is 7.79. The fraction of sp³-hybridized carbons (Fsp3) is 0.739. The molecule has 2 saturated heterocycles. The number of hydrogen-bond donors (Lipinski definition) is 2. The van der Waals surface area contributed by atoms with E-state index in [0.29, 0.717) is 6.04 Å². The molecule has 1 aromatic rings. The number of nitrogens with two attached hydrogens (primary N) is 1. The van der Waals surface area contributed by atoms with Gasteiger partial charge in [0.1, 0.15) is 0 Å². The van der Waals surface area contributed by atoms with Gasteiger partial charge in [-0.05, 0) is 87.2 Å². The quantitative estimate of drug-likeness (QED) is 0.788. The van der Waals surface area contributed by atoms with Gasteiger partial charge in [-0.2, -0.15) is 0 Å². The molecule has 6 rings (SSSR count). The van der Waals surface area contributed by atoms with E-state index in [9.17, 15) is 0 Å². The standard InChI is InChI=1S/C23H33N3/c24-21-6-1-2-7-22(21)25-17-12-18-4-3-5-19(13-17)26(18)20-10-15-8-14-9-16(11-20)23(14)15/h1-2,6-7,14-20,23,25H,3-5,8-13,24H2/t14?,15-,16+,17?,18-,19+,20?,23?. The summed E-state index contributed by atoms with van der Waals surface area (Å²) in [5.41, 5.74) is 8.21. The van der Waals surface area contributed by atoms with Crippen molar-refractivity contribution in [3.05, 3.63) is 24.3 Å². The van der Waals surface area contributed by atoms with E-state index < -0.39 is 0 Å². The average molecular weight is 352 g/mol. The zero-order valence-electron chi connectivity index (χ0n) is 15.8. The maximum Gasteiger partial charge on any atom is 0.0576 e. The summed E-state index contributed by atoms with van der Waals surface area (Å²) in [6.07, 6.45) is 13.1. The number of rotatable bonds is 3. The van der Waals surface area contributed by atoms with Crippen LogP contribution in [0.4, 0.5) is 11.4 Å². The summed E-state index contributed by atoms with van der Waals surface area (Å²) >= 11 is 0. The third kappa shape index (κ3) is 2.35. The molecule has 2 aliphatic heterocycles. The molecule has 5 aliphatic rings. The highest BCUT2D eigenvalue weighted by atomic mass is 15.2. The molecule has 0 aromatic heterocycles. The Hall–Kier alpha value is -1.22. The minimum absolute atomic E-state index is 0.597. The highest BCUT2D eigenvalue weighted by Gasteiger charge is 2.58. The molecule has 8 atom stereocenters. The van der Waals surface area contributed by atoms with Gasteiger partial charge in [0.2, 0.25) is 0 Å². The molecule has 3 heteroatoms. The third-order valence-electron chi connectivity index (χ3n) is 8.77. The number of fused-ring (bicyclic) bond motifs is 2. The topological polar surface area (TPSA) is 41.3 Å². The van der Waals surface area contributed by atoms with Gasteiger partial charge in [-0.1, -0.05) is 18.6 Å². The molecule has 3 N–H and O–H groups in total. The molecule has 0 amide bonds. The monoisotopic (exact) mass is 351 g/mol. The van der Waals surface area contributed by atoms with Crippen molar-refractivity contribution >= 4 is 11.4 Å². The first-order valence-electron chi connectivity index (χ1n) is 11.1. The van der Waals surface area contributed by atoms with Gasteiger partial charge in [0.05, 0.1) is 11.4 Å². The van der Waals surface area contributed by atoms with Crippen molar-refractivity contribution in [2.45, 2.75) is 82.0 Å². The highest BCUT2D eigenvalue weighted by molar-refractivity contribution is 5.66. The normalized spacial score (nSPS) is 46.6. The van der Waals surface area contributed by atoms with E-state index in [1.54, 1.807) is 12.8 Å². The lowest BCUT2D eigenvalue weighted by Gasteiger charge is -2.66. The Morgan fingerprint density at radius 1 is 0.808 bits per heavy atom. The van der Waals surface area contributed by atoms with Crippen LogP contribution < -0.4 is 11.1 Å². The van der Waals surface area contributed by atoms with Gasteiger partial charge in [-0.3, -0.25) is 4.90 Å². The molecule has 0 spiro atoms. The van der Waals surface area contributed by atoms with Crippen molar-refractivity contribution in [2.24, 2.45) is 23.7 Å². The van der Waals surface area contributed by atoms with Gasteiger partial charge in [0.15, 0.2) is 0 Å². The average Bonchev–Trinajstić information content (AvgIpc) is 2.58. The van der Waals surface area contributed by atoms with Crippen LogP contribution in [0.3, 0.4) is 0 Å². The van der Waals surface area contributed by atoms with Crippen molar-refractivity contribution in [1.82, 2.24) is 4.90 Å². The SMILES string of the molecule is Nc1ccccc1NC1C[C@H]2CCC[C@@H](C1)N2C1C[C@H]2CC3C[C@@H](C1)C32. The molecule has 4 unspecified atom stereocenters. The van der Waals surface area contributed by atoms with Gasteiger partial charge in [-0.15, -0.1) is 0 Å². The molecular formula is C23H33N3. The molecule has 0 radical (unpaired) electrons. The largest absolute Gasteiger partial charge is 0.397 e. The smallest absolute Gasteiger partial charge is 0.0576 e. The number of nitrogens with one attached hydrogen (secondary N) is 1. The van der Waals surface area contributed by atoms with Gasteiger partial charge < -0.3 is 11.1 Å². The van der Waals surface area contributed by atoms with Crippen LogP contribution in [-0.4, -0.2) is 29.1 Å². The van der Waals surface area contributed by atoms with E-state index >= 15 is 0 Å². The van der Waals surface area contributed by atoms with E-state index in [4.69, 9.17) is 5.73 Å². The molecule has 3 aliphatic carbocycles. The molecule has 5 fully saturated rings. The van der Waals surface area contributed by atoms with Crippen LogP contribution in [0.5, 0.6) is 0 Å². The molecule has 26 heavy (non-hydrogen) atoms. The number of para-hydroxylation sites is 2. The van der Waals surface area contributed by atoms with E-state index in [1.807, 2.05) is 12.1 Å². The Morgan fingerprint density at radius 2 is 1.46 bits per heavy atom. The van der Waals surface area contributed by atoms with E-state index in [2.05, 4.69) is 22.3 Å². The van der Waals surface area contributed by atoms with Crippen molar-refractivity contribution in [3.63, 3.8) is 0 Å². The van der Waals surface area contributed by atoms with Gasteiger partial charge in [0.25, 0.3) is 0 Å². The predicted molar refractivity (Wildman–Crippen MR) is 107 cm³/mol. The molecule has 3 nitrogen and oxygen atoms in total. The van der Waals surface area contributed by atoms with Crippen molar-refractivity contribution in [2.75, 3.05) is 11.1 Å². The van der Waals surface area contributed by atoms with Crippen LogP contribution in [0, 0.1) is 23.7 Å². The summed E-state index contributed by atoms with van der Waals surface area (Å²) < 4.78 is 0. The van der Waals surface area contributed by atoms with Crippen LogP contribution in [0.2, 0.25) is 0 Å². The first-order valence-corrected chi connectivity index (χ1v) is 11.1. The minimum Gasteiger partial charge on any atom is -0.397 e. The van der Waals surface area contributed by atoms with Crippen LogP contribution in [-0.2, 0) is 0 Å². The number of hydrogen-bond acceptors (Lipinski definition) is 3. The lowest BCUT2D eigenvalue weighted by atomic mass is 9.43. The van der Waals surface area contributed by atoms with Crippen molar-refractivity contribution in [3.8, 4) is 0 Å². The lowest BCUT2D eigenvalue weighted by Crippen LogP contribution is -2.64. The molecule has 140 valence electrons.